The first kappa shape index (κ1) is 14.4. The summed E-state index contributed by atoms with van der Waals surface area (Å²) in [5, 5.41) is 5.01. The average Bonchev–Trinajstić information content (AvgIpc) is 2.83. The van der Waals surface area contributed by atoms with Gasteiger partial charge in [0, 0.05) is 16.5 Å². The van der Waals surface area contributed by atoms with Crippen LogP contribution in [0.25, 0.3) is 0 Å². The van der Waals surface area contributed by atoms with Crippen LogP contribution < -0.4 is 0 Å². The molecule has 1 aromatic heterocycles. The van der Waals surface area contributed by atoms with Gasteiger partial charge in [-0.05, 0) is 35.6 Å². The maximum absolute atomic E-state index is 12.3. The number of carbonyl (C=O) groups is 1. The molecule has 2 rings (SSSR count). The van der Waals surface area contributed by atoms with Crippen LogP contribution in [0.2, 0.25) is 10.0 Å². The van der Waals surface area contributed by atoms with E-state index in [0.29, 0.717) is 20.5 Å². The minimum absolute atomic E-state index is 0.0338. The van der Waals surface area contributed by atoms with Crippen molar-refractivity contribution in [3.8, 4) is 0 Å². The SMILES string of the molecule is CCCc1nnsc1C(=O)Cc1c(Cl)cccc1Cl. The molecule has 0 N–H and O–H groups in total. The summed E-state index contributed by atoms with van der Waals surface area (Å²) in [6.45, 7) is 2.04. The van der Waals surface area contributed by atoms with Crippen molar-refractivity contribution in [2.45, 2.75) is 26.2 Å². The molecule has 0 fully saturated rings. The van der Waals surface area contributed by atoms with Gasteiger partial charge in [0.25, 0.3) is 0 Å². The summed E-state index contributed by atoms with van der Waals surface area (Å²) in [7, 11) is 0. The van der Waals surface area contributed by atoms with E-state index in [1.54, 1.807) is 18.2 Å². The van der Waals surface area contributed by atoms with Gasteiger partial charge in [-0.1, -0.05) is 47.1 Å². The van der Waals surface area contributed by atoms with Crippen LogP contribution in [0.15, 0.2) is 18.2 Å². The van der Waals surface area contributed by atoms with E-state index in [-0.39, 0.29) is 12.2 Å². The summed E-state index contributed by atoms with van der Waals surface area (Å²) in [6, 6.07) is 5.22. The van der Waals surface area contributed by atoms with E-state index in [1.165, 1.54) is 0 Å². The largest absolute Gasteiger partial charge is 0.293 e. The van der Waals surface area contributed by atoms with Crippen LogP contribution >= 0.6 is 34.7 Å². The van der Waals surface area contributed by atoms with Crippen molar-refractivity contribution in [1.82, 2.24) is 9.59 Å². The van der Waals surface area contributed by atoms with Gasteiger partial charge >= 0.3 is 0 Å². The van der Waals surface area contributed by atoms with Crippen LogP contribution in [0.1, 0.15) is 34.3 Å². The Labute approximate surface area is 125 Å². The molecular formula is C13H12Cl2N2OS. The number of hydrogen-bond acceptors (Lipinski definition) is 4. The lowest BCUT2D eigenvalue weighted by atomic mass is 10.1. The molecule has 100 valence electrons. The van der Waals surface area contributed by atoms with Crippen molar-refractivity contribution in [1.29, 1.82) is 0 Å². The zero-order valence-electron chi connectivity index (χ0n) is 10.3. The van der Waals surface area contributed by atoms with Crippen LogP contribution in [0, 0.1) is 0 Å². The molecule has 1 aromatic carbocycles. The van der Waals surface area contributed by atoms with Crippen molar-refractivity contribution >= 4 is 40.5 Å². The lowest BCUT2D eigenvalue weighted by molar-refractivity contribution is 0.0996. The number of carbonyl (C=O) groups excluding carboxylic acids is 1. The summed E-state index contributed by atoms with van der Waals surface area (Å²) in [5.74, 6) is -0.0338. The van der Waals surface area contributed by atoms with Crippen LogP contribution in [0.4, 0.5) is 0 Å². The molecule has 0 aliphatic carbocycles. The van der Waals surface area contributed by atoms with Crippen LogP contribution in [0.3, 0.4) is 0 Å². The third-order valence-corrected chi connectivity index (χ3v) is 4.21. The topological polar surface area (TPSA) is 42.9 Å². The highest BCUT2D eigenvalue weighted by Gasteiger charge is 2.18. The fraction of sp³-hybridized carbons (Fsp3) is 0.308. The Balaban J connectivity index is 2.24. The first-order valence-corrected chi connectivity index (χ1v) is 7.43. The predicted octanol–water partition coefficient (Wildman–Crippen LogP) is 4.22. The molecular weight excluding hydrogens is 303 g/mol. The molecule has 1 heterocycles. The average molecular weight is 315 g/mol. The molecule has 6 heteroatoms. The second-order valence-corrected chi connectivity index (χ2v) is 5.67. The lowest BCUT2D eigenvalue weighted by Gasteiger charge is -2.05. The fourth-order valence-corrected chi connectivity index (χ4v) is 2.94. The Morgan fingerprint density at radius 3 is 2.63 bits per heavy atom. The van der Waals surface area contributed by atoms with Crippen LogP contribution in [-0.4, -0.2) is 15.4 Å². The third-order valence-electron chi connectivity index (χ3n) is 2.69. The van der Waals surface area contributed by atoms with Crippen molar-refractivity contribution < 1.29 is 4.79 Å². The predicted molar refractivity (Wildman–Crippen MR) is 78.4 cm³/mol. The van der Waals surface area contributed by atoms with Crippen LogP contribution in [0.5, 0.6) is 0 Å². The Bertz CT molecular complexity index is 578. The maximum Gasteiger partial charge on any atom is 0.180 e. The molecule has 0 bridgehead atoms. The number of halogens is 2. The second-order valence-electron chi connectivity index (χ2n) is 4.10. The third kappa shape index (κ3) is 3.32. The maximum atomic E-state index is 12.3. The molecule has 0 atom stereocenters. The minimum Gasteiger partial charge on any atom is -0.293 e. The molecule has 0 aliphatic rings. The lowest BCUT2D eigenvalue weighted by Crippen LogP contribution is -2.06. The van der Waals surface area contributed by atoms with Gasteiger partial charge in [-0.3, -0.25) is 4.79 Å². The number of aryl methyl sites for hydroxylation is 1. The molecule has 3 nitrogen and oxygen atoms in total. The molecule has 19 heavy (non-hydrogen) atoms. The van der Waals surface area contributed by atoms with E-state index < -0.39 is 0 Å². The first-order valence-electron chi connectivity index (χ1n) is 5.90. The van der Waals surface area contributed by atoms with E-state index in [1.807, 2.05) is 6.92 Å². The molecule has 0 saturated heterocycles. The fourth-order valence-electron chi connectivity index (χ4n) is 1.76. The molecule has 0 aliphatic heterocycles. The summed E-state index contributed by atoms with van der Waals surface area (Å²) < 4.78 is 3.85. The van der Waals surface area contributed by atoms with E-state index in [4.69, 9.17) is 23.2 Å². The summed E-state index contributed by atoms with van der Waals surface area (Å²) in [6.07, 6.45) is 1.87. The molecule has 0 radical (unpaired) electrons. The number of benzene rings is 1. The van der Waals surface area contributed by atoms with Gasteiger partial charge in [0.05, 0.1) is 5.69 Å². The van der Waals surface area contributed by atoms with Gasteiger partial charge in [-0.15, -0.1) is 5.10 Å². The number of rotatable bonds is 5. The van der Waals surface area contributed by atoms with Crippen molar-refractivity contribution in [2.24, 2.45) is 0 Å². The number of aromatic nitrogens is 2. The second kappa shape index (κ2) is 6.46. The summed E-state index contributed by atoms with van der Waals surface area (Å²) in [4.78, 5) is 12.9. The normalized spacial score (nSPS) is 10.7. The Hall–Kier alpha value is -0.970. The van der Waals surface area contributed by atoms with Gasteiger partial charge in [0.1, 0.15) is 4.88 Å². The molecule has 2 aromatic rings. The Kier molecular flexibility index (Phi) is 4.91. The highest BCUT2D eigenvalue weighted by atomic mass is 35.5. The minimum atomic E-state index is -0.0338. The van der Waals surface area contributed by atoms with E-state index in [0.717, 1.165) is 30.1 Å². The van der Waals surface area contributed by atoms with Crippen molar-refractivity contribution in [2.75, 3.05) is 0 Å². The zero-order valence-corrected chi connectivity index (χ0v) is 12.6. The quantitative estimate of drug-likeness (QED) is 0.776. The molecule has 0 unspecified atom stereocenters. The highest BCUT2D eigenvalue weighted by Crippen LogP contribution is 2.26. The molecule has 0 amide bonds. The summed E-state index contributed by atoms with van der Waals surface area (Å²) >= 11 is 13.3. The molecule has 0 saturated carbocycles. The Morgan fingerprint density at radius 1 is 1.32 bits per heavy atom. The number of ketones is 1. The van der Waals surface area contributed by atoms with Gasteiger partial charge in [0.15, 0.2) is 5.78 Å². The van der Waals surface area contributed by atoms with Gasteiger partial charge in [0.2, 0.25) is 0 Å². The number of Topliss-reactive ketones (excluding diaryl/α,β-unsaturated/α-hetero) is 1. The highest BCUT2D eigenvalue weighted by molar-refractivity contribution is 7.08. The van der Waals surface area contributed by atoms with Crippen LogP contribution in [-0.2, 0) is 12.8 Å². The smallest absolute Gasteiger partial charge is 0.180 e. The van der Waals surface area contributed by atoms with E-state index in [2.05, 4.69) is 9.59 Å². The number of nitrogens with zero attached hydrogens (tertiary/aromatic N) is 2. The van der Waals surface area contributed by atoms with Crippen molar-refractivity contribution in [3.63, 3.8) is 0 Å². The Morgan fingerprint density at radius 2 is 2.00 bits per heavy atom. The van der Waals surface area contributed by atoms with E-state index >= 15 is 0 Å². The first-order chi connectivity index (χ1) is 9.13. The summed E-state index contributed by atoms with van der Waals surface area (Å²) in [5.41, 5.74) is 1.42. The van der Waals surface area contributed by atoms with Gasteiger partial charge in [-0.2, -0.15) is 0 Å². The van der Waals surface area contributed by atoms with Crippen molar-refractivity contribution in [3.05, 3.63) is 44.4 Å². The van der Waals surface area contributed by atoms with Gasteiger partial charge in [-0.25, -0.2) is 0 Å². The monoisotopic (exact) mass is 314 g/mol. The standard InChI is InChI=1S/C13H12Cl2N2OS/c1-2-4-11-13(19-17-16-11)12(18)7-8-9(14)5-3-6-10(8)15/h3,5-6H,2,4,7H2,1H3. The zero-order chi connectivity index (χ0) is 13.8. The van der Waals surface area contributed by atoms with E-state index in [9.17, 15) is 4.79 Å². The van der Waals surface area contributed by atoms with Gasteiger partial charge < -0.3 is 0 Å². The molecule has 0 spiro atoms. The number of hydrogen-bond donors (Lipinski definition) is 0.